The fraction of sp³-hybridized carbons (Fsp3) is 0.417. The van der Waals surface area contributed by atoms with Crippen LogP contribution in [0.3, 0.4) is 0 Å². The Balaban J connectivity index is 1.51. The van der Waals surface area contributed by atoms with Crippen molar-refractivity contribution in [3.05, 3.63) is 29.5 Å². The van der Waals surface area contributed by atoms with Gasteiger partial charge in [0.25, 0.3) is 0 Å². The van der Waals surface area contributed by atoms with E-state index in [1.165, 1.54) is 0 Å². The predicted molar refractivity (Wildman–Crippen MR) is 131 cm³/mol. The molecule has 11 nitrogen and oxygen atoms in total. The second-order valence-electron chi connectivity index (χ2n) is 8.62. The Bertz CT molecular complexity index is 1390. The number of aromatic hydroxyl groups is 1. The lowest BCUT2D eigenvalue weighted by atomic mass is 10.1. The summed E-state index contributed by atoms with van der Waals surface area (Å²) in [6.45, 7) is 9.21. The Hall–Kier alpha value is -3.70. The number of nitrogens with zero attached hydrogens (tertiary/aromatic N) is 5. The van der Waals surface area contributed by atoms with Gasteiger partial charge in [-0.3, -0.25) is 14.4 Å². The van der Waals surface area contributed by atoms with E-state index in [1.807, 2.05) is 19.9 Å². The minimum Gasteiger partial charge on any atom is -0.493 e. The first-order valence-corrected chi connectivity index (χ1v) is 11.8. The van der Waals surface area contributed by atoms with Gasteiger partial charge >= 0.3 is 0 Å². The van der Waals surface area contributed by atoms with Crippen LogP contribution in [-0.2, 0) is 11.3 Å². The van der Waals surface area contributed by atoms with Crippen LogP contribution >= 0.6 is 0 Å². The molecule has 1 saturated heterocycles. The molecule has 4 heterocycles. The molecule has 4 N–H and O–H groups in total. The normalized spacial score (nSPS) is 14.7. The molecule has 1 aromatic carbocycles. The van der Waals surface area contributed by atoms with Gasteiger partial charge in [-0.2, -0.15) is 10.1 Å². The minimum absolute atomic E-state index is 0.197. The van der Waals surface area contributed by atoms with Crippen molar-refractivity contribution in [2.75, 3.05) is 39.5 Å². The van der Waals surface area contributed by atoms with E-state index in [9.17, 15) is 9.90 Å². The van der Waals surface area contributed by atoms with Gasteiger partial charge < -0.3 is 25.3 Å². The molecule has 0 radical (unpaired) electrons. The first kappa shape index (κ1) is 23.1. The molecule has 0 unspecified atom stereocenters. The Morgan fingerprint density at radius 2 is 2.06 bits per heavy atom. The molecule has 1 fully saturated rings. The van der Waals surface area contributed by atoms with E-state index < -0.39 is 5.91 Å². The van der Waals surface area contributed by atoms with Crippen molar-refractivity contribution >= 4 is 27.8 Å². The molecule has 5 rings (SSSR count). The van der Waals surface area contributed by atoms with Gasteiger partial charge in [0, 0.05) is 37.1 Å². The first-order valence-electron chi connectivity index (χ1n) is 11.8. The fourth-order valence-corrected chi connectivity index (χ4v) is 4.48. The summed E-state index contributed by atoms with van der Waals surface area (Å²) in [5.74, 6) is 0.0511. The number of morpholine rings is 1. The summed E-state index contributed by atoms with van der Waals surface area (Å²) in [7, 11) is 0. The molecule has 0 spiro atoms. The van der Waals surface area contributed by atoms with E-state index in [1.54, 1.807) is 16.8 Å². The number of carbonyl (C=O) groups excluding carboxylic acids is 1. The molecule has 3 aromatic heterocycles. The van der Waals surface area contributed by atoms with Crippen molar-refractivity contribution in [1.82, 2.24) is 29.6 Å². The predicted octanol–water partition coefficient (Wildman–Crippen LogP) is 2.21. The van der Waals surface area contributed by atoms with Gasteiger partial charge in [-0.05, 0) is 38.5 Å². The standard InChI is InChI=1S/C24H29N7O4/c1-3-31-17(11-14(2)29-31)22-27-23-19(24(33)28-22)16-12-15(21(25)32)13-18(20(16)26-23)35-8-4-5-30-6-9-34-10-7-30/h11-13H,3-10H2,1-2H3,(H2,25,32)(H2,26,27,28,33). The summed E-state index contributed by atoms with van der Waals surface area (Å²) in [6.07, 6.45) is 0.818. The van der Waals surface area contributed by atoms with Crippen LogP contribution in [0.25, 0.3) is 33.5 Å². The van der Waals surface area contributed by atoms with Crippen LogP contribution in [0.5, 0.6) is 11.6 Å². The summed E-state index contributed by atoms with van der Waals surface area (Å²) < 4.78 is 13.3. The zero-order valence-electron chi connectivity index (χ0n) is 19.9. The number of amides is 1. The highest BCUT2D eigenvalue weighted by Gasteiger charge is 2.20. The summed E-state index contributed by atoms with van der Waals surface area (Å²) in [5, 5.41) is 16.3. The number of nitrogens with one attached hydrogen (secondary N) is 1. The number of carbonyl (C=O) groups is 1. The summed E-state index contributed by atoms with van der Waals surface area (Å²) in [4.78, 5) is 26.6. The van der Waals surface area contributed by atoms with E-state index in [4.69, 9.17) is 15.2 Å². The highest BCUT2D eigenvalue weighted by Crippen LogP contribution is 2.37. The molecule has 0 bridgehead atoms. The Labute approximate surface area is 201 Å². The molecule has 0 saturated carbocycles. The number of hydrogen-bond donors (Lipinski definition) is 3. The molecule has 1 aliphatic heterocycles. The first-order chi connectivity index (χ1) is 16.9. The lowest BCUT2D eigenvalue weighted by Crippen LogP contribution is -2.37. The van der Waals surface area contributed by atoms with Crippen LogP contribution < -0.4 is 10.5 Å². The van der Waals surface area contributed by atoms with Crippen LogP contribution in [0.1, 0.15) is 29.4 Å². The monoisotopic (exact) mass is 479 g/mol. The zero-order chi connectivity index (χ0) is 24.5. The average molecular weight is 480 g/mol. The molecule has 184 valence electrons. The van der Waals surface area contributed by atoms with Crippen molar-refractivity contribution < 1.29 is 19.4 Å². The third kappa shape index (κ3) is 4.52. The number of aromatic amines is 1. The maximum atomic E-state index is 12.0. The van der Waals surface area contributed by atoms with Crippen molar-refractivity contribution in [2.45, 2.75) is 26.8 Å². The van der Waals surface area contributed by atoms with Crippen molar-refractivity contribution in [3.8, 4) is 23.1 Å². The van der Waals surface area contributed by atoms with Crippen LogP contribution in [0.15, 0.2) is 18.2 Å². The highest BCUT2D eigenvalue weighted by atomic mass is 16.5. The number of benzene rings is 1. The molecule has 1 amide bonds. The van der Waals surface area contributed by atoms with E-state index >= 15 is 0 Å². The lowest BCUT2D eigenvalue weighted by molar-refractivity contribution is 0.0358. The minimum atomic E-state index is -0.584. The van der Waals surface area contributed by atoms with Crippen molar-refractivity contribution in [2.24, 2.45) is 5.73 Å². The molecule has 0 aliphatic carbocycles. The average Bonchev–Trinajstić information content (AvgIpc) is 3.42. The number of ether oxygens (including phenoxy) is 2. The number of aromatic nitrogens is 5. The number of rotatable bonds is 8. The van der Waals surface area contributed by atoms with E-state index in [0.717, 1.165) is 45.0 Å². The second kappa shape index (κ2) is 9.51. The molecule has 1 aliphatic rings. The van der Waals surface area contributed by atoms with Gasteiger partial charge in [0.2, 0.25) is 11.8 Å². The Morgan fingerprint density at radius 3 is 2.80 bits per heavy atom. The number of fused-ring (bicyclic) bond motifs is 3. The summed E-state index contributed by atoms with van der Waals surface area (Å²) in [6, 6.07) is 5.12. The molecular weight excluding hydrogens is 450 g/mol. The third-order valence-corrected chi connectivity index (χ3v) is 6.20. The Kier molecular flexibility index (Phi) is 6.27. The van der Waals surface area contributed by atoms with E-state index in [-0.39, 0.29) is 11.4 Å². The van der Waals surface area contributed by atoms with Gasteiger partial charge in [-0.1, -0.05) is 0 Å². The number of H-pyrrole nitrogens is 1. The maximum absolute atomic E-state index is 12.0. The number of primary amides is 1. The van der Waals surface area contributed by atoms with Gasteiger partial charge in [0.15, 0.2) is 5.82 Å². The van der Waals surface area contributed by atoms with Gasteiger partial charge in [-0.15, -0.1) is 0 Å². The number of aryl methyl sites for hydroxylation is 2. The largest absolute Gasteiger partial charge is 0.493 e. The molecule has 35 heavy (non-hydrogen) atoms. The van der Waals surface area contributed by atoms with Crippen molar-refractivity contribution in [1.29, 1.82) is 0 Å². The van der Waals surface area contributed by atoms with Crippen LogP contribution in [0, 0.1) is 6.92 Å². The van der Waals surface area contributed by atoms with Gasteiger partial charge in [-0.25, -0.2) is 4.98 Å². The van der Waals surface area contributed by atoms with Crippen LogP contribution in [0.2, 0.25) is 0 Å². The van der Waals surface area contributed by atoms with Crippen molar-refractivity contribution in [3.63, 3.8) is 0 Å². The lowest BCUT2D eigenvalue weighted by Gasteiger charge is -2.26. The topological polar surface area (TPSA) is 144 Å². The van der Waals surface area contributed by atoms with E-state index in [2.05, 4.69) is 25.0 Å². The number of hydrogen-bond acceptors (Lipinski definition) is 8. The highest BCUT2D eigenvalue weighted by molar-refractivity contribution is 6.13. The number of nitrogens with two attached hydrogens (primary N) is 1. The Morgan fingerprint density at radius 1 is 1.26 bits per heavy atom. The third-order valence-electron chi connectivity index (χ3n) is 6.20. The maximum Gasteiger partial charge on any atom is 0.248 e. The van der Waals surface area contributed by atoms with Gasteiger partial charge in [0.05, 0.1) is 36.4 Å². The molecular formula is C24H29N7O4. The summed E-state index contributed by atoms with van der Waals surface area (Å²) >= 11 is 0. The van der Waals surface area contributed by atoms with Gasteiger partial charge in [0.1, 0.15) is 17.1 Å². The summed E-state index contributed by atoms with van der Waals surface area (Å²) in [5.41, 5.74) is 8.46. The second-order valence-corrected chi connectivity index (χ2v) is 8.62. The molecule has 11 heteroatoms. The van der Waals surface area contributed by atoms with Crippen LogP contribution in [-0.4, -0.2) is 80.1 Å². The van der Waals surface area contributed by atoms with E-state index in [0.29, 0.717) is 52.4 Å². The SMILES string of the molecule is CCn1nc(C)cc1-c1nc(O)c2c(n1)[nH]c1c(OCCCN3CCOCC3)cc(C(N)=O)cc12. The van der Waals surface area contributed by atoms with Crippen LogP contribution in [0.4, 0.5) is 0 Å². The fourth-order valence-electron chi connectivity index (χ4n) is 4.48. The smallest absolute Gasteiger partial charge is 0.248 e. The zero-order valence-corrected chi connectivity index (χ0v) is 19.9. The molecule has 0 atom stereocenters. The molecule has 4 aromatic rings. The quantitative estimate of drug-likeness (QED) is 0.326.